The predicted molar refractivity (Wildman–Crippen MR) is 125 cm³/mol. The lowest BCUT2D eigenvalue weighted by Crippen LogP contribution is -2.38. The van der Waals surface area contributed by atoms with Crippen LogP contribution in [0, 0.1) is 0 Å². The van der Waals surface area contributed by atoms with E-state index in [0.717, 1.165) is 12.8 Å². The van der Waals surface area contributed by atoms with Crippen molar-refractivity contribution in [2.75, 3.05) is 6.61 Å². The van der Waals surface area contributed by atoms with Crippen molar-refractivity contribution in [3.05, 3.63) is 59.7 Å². The lowest BCUT2D eigenvalue weighted by molar-refractivity contribution is 0.0418. The molecule has 3 N–H and O–H groups in total. The van der Waals surface area contributed by atoms with Crippen molar-refractivity contribution in [1.29, 1.82) is 0 Å². The number of nitrogens with two attached hydrogens (primary N) is 1. The molecular formula is C26H41NO3. The second-order valence-electron chi connectivity index (χ2n) is 8.05. The smallest absolute Gasteiger partial charge is 0.338 e. The molecular weight excluding hydrogens is 374 g/mol. The zero-order valence-electron chi connectivity index (χ0n) is 18.9. The van der Waals surface area contributed by atoms with Crippen molar-refractivity contribution in [3.63, 3.8) is 0 Å². The number of allylic oxidation sites excluding steroid dienone is 3. The molecule has 4 nitrogen and oxygen atoms in total. The number of hydrogen-bond donors (Lipinski definition) is 2. The number of unbranched alkanes of at least 4 members (excludes halogenated alkanes) is 7. The van der Waals surface area contributed by atoms with Crippen molar-refractivity contribution >= 4 is 5.97 Å². The highest BCUT2D eigenvalue weighted by Gasteiger charge is 2.15. The Balaban J connectivity index is 2.14. The fourth-order valence-corrected chi connectivity index (χ4v) is 3.20. The summed E-state index contributed by atoms with van der Waals surface area (Å²) in [5.41, 5.74) is 7.85. The predicted octanol–water partition coefficient (Wildman–Crippen LogP) is 5.96. The molecule has 0 fully saturated rings. The van der Waals surface area contributed by atoms with Crippen LogP contribution in [0.15, 0.2) is 54.1 Å². The molecule has 0 aromatic heterocycles. The summed E-state index contributed by atoms with van der Waals surface area (Å²) in [5.74, 6) is -0.427. The minimum atomic E-state index is -0.827. The van der Waals surface area contributed by atoms with Gasteiger partial charge in [0.15, 0.2) is 0 Å². The van der Waals surface area contributed by atoms with Gasteiger partial charge in [0, 0.05) is 0 Å². The molecule has 1 aromatic rings. The summed E-state index contributed by atoms with van der Waals surface area (Å²) in [4.78, 5) is 11.9. The molecule has 0 aliphatic carbocycles. The molecule has 1 aromatic carbocycles. The van der Waals surface area contributed by atoms with Gasteiger partial charge in [0.25, 0.3) is 0 Å². The fourth-order valence-electron chi connectivity index (χ4n) is 3.20. The second kappa shape index (κ2) is 16.8. The van der Waals surface area contributed by atoms with E-state index in [1.807, 2.05) is 12.1 Å². The lowest BCUT2D eigenvalue weighted by atomic mass is 10.0. The summed E-state index contributed by atoms with van der Waals surface area (Å²) in [5, 5.41) is 10.1. The minimum Gasteiger partial charge on any atom is -0.460 e. The summed E-state index contributed by atoms with van der Waals surface area (Å²) in [7, 11) is 0. The van der Waals surface area contributed by atoms with Gasteiger partial charge in [-0.1, -0.05) is 87.4 Å². The molecule has 2 atom stereocenters. The zero-order valence-corrected chi connectivity index (χ0v) is 18.9. The van der Waals surface area contributed by atoms with Crippen molar-refractivity contribution in [2.45, 2.75) is 90.2 Å². The topological polar surface area (TPSA) is 72.6 Å². The van der Waals surface area contributed by atoms with E-state index in [9.17, 15) is 9.90 Å². The molecule has 0 aliphatic heterocycles. The molecule has 0 saturated carbocycles. The Bertz CT molecular complexity index is 624. The van der Waals surface area contributed by atoms with Gasteiger partial charge in [-0.15, -0.1) is 0 Å². The molecule has 0 bridgehead atoms. The Hall–Kier alpha value is -1.91. The molecule has 0 aliphatic rings. The van der Waals surface area contributed by atoms with E-state index in [0.29, 0.717) is 5.56 Å². The van der Waals surface area contributed by atoms with Gasteiger partial charge < -0.3 is 15.6 Å². The van der Waals surface area contributed by atoms with E-state index in [1.165, 1.54) is 56.9 Å². The maximum Gasteiger partial charge on any atom is 0.338 e. The number of carbonyl (C=O) groups is 1. The molecule has 168 valence electrons. The van der Waals surface area contributed by atoms with Gasteiger partial charge in [0.1, 0.15) is 6.61 Å². The molecule has 0 unspecified atom stereocenters. The fraction of sp³-hybridized carbons (Fsp3) is 0.577. The SMILES string of the molecule is CCCCCCCCC/C(C)=C/CC/C=C/[C@H](O)[C@H](N)COC(=O)c1ccccc1. The summed E-state index contributed by atoms with van der Waals surface area (Å²) in [6.45, 7) is 4.44. The monoisotopic (exact) mass is 415 g/mol. The van der Waals surface area contributed by atoms with Gasteiger partial charge in [-0.2, -0.15) is 0 Å². The number of benzene rings is 1. The first-order valence-electron chi connectivity index (χ1n) is 11.5. The zero-order chi connectivity index (χ0) is 22.0. The average molecular weight is 416 g/mol. The van der Waals surface area contributed by atoms with Gasteiger partial charge >= 0.3 is 5.97 Å². The van der Waals surface area contributed by atoms with Gasteiger partial charge in [0.2, 0.25) is 0 Å². The lowest BCUT2D eigenvalue weighted by Gasteiger charge is -2.15. The van der Waals surface area contributed by atoms with E-state index in [1.54, 1.807) is 30.3 Å². The molecule has 0 spiro atoms. The van der Waals surface area contributed by atoms with E-state index in [2.05, 4.69) is 19.9 Å². The van der Waals surface area contributed by atoms with Gasteiger partial charge in [0.05, 0.1) is 17.7 Å². The van der Waals surface area contributed by atoms with Gasteiger partial charge in [-0.3, -0.25) is 0 Å². The van der Waals surface area contributed by atoms with E-state index < -0.39 is 18.1 Å². The first kappa shape index (κ1) is 26.1. The van der Waals surface area contributed by atoms with Crippen molar-refractivity contribution in [3.8, 4) is 0 Å². The molecule has 0 amide bonds. The second-order valence-corrected chi connectivity index (χ2v) is 8.05. The number of ether oxygens (including phenoxy) is 1. The molecule has 0 radical (unpaired) electrons. The Morgan fingerprint density at radius 1 is 1.07 bits per heavy atom. The highest BCUT2D eigenvalue weighted by molar-refractivity contribution is 5.89. The normalized spacial score (nSPS) is 14.1. The molecule has 0 heterocycles. The van der Waals surface area contributed by atoms with Gasteiger partial charge in [-0.25, -0.2) is 4.79 Å². The number of rotatable bonds is 16. The molecule has 4 heteroatoms. The van der Waals surface area contributed by atoms with Crippen LogP contribution in [0.2, 0.25) is 0 Å². The average Bonchev–Trinajstić information content (AvgIpc) is 2.76. The van der Waals surface area contributed by atoms with E-state index in [4.69, 9.17) is 10.5 Å². The first-order valence-corrected chi connectivity index (χ1v) is 11.5. The number of carbonyl (C=O) groups excluding carboxylic acids is 1. The third kappa shape index (κ3) is 12.6. The highest BCUT2D eigenvalue weighted by Crippen LogP contribution is 2.13. The maximum atomic E-state index is 11.9. The minimum absolute atomic E-state index is 0.0172. The largest absolute Gasteiger partial charge is 0.460 e. The van der Waals surface area contributed by atoms with Gasteiger partial charge in [-0.05, 0) is 44.7 Å². The Morgan fingerprint density at radius 2 is 1.73 bits per heavy atom. The van der Waals surface area contributed by atoms with Crippen LogP contribution in [-0.4, -0.2) is 29.8 Å². The highest BCUT2D eigenvalue weighted by atomic mass is 16.5. The Labute approximate surface area is 183 Å². The summed E-state index contributed by atoms with van der Waals surface area (Å²) in [6.07, 6.45) is 17.5. The number of aliphatic hydroxyl groups is 1. The van der Waals surface area contributed by atoms with Crippen molar-refractivity contribution < 1.29 is 14.6 Å². The maximum absolute atomic E-state index is 11.9. The van der Waals surface area contributed by atoms with Crippen LogP contribution in [0.1, 0.15) is 88.4 Å². The van der Waals surface area contributed by atoms with Crippen LogP contribution in [0.25, 0.3) is 0 Å². The number of hydrogen-bond acceptors (Lipinski definition) is 4. The van der Waals surface area contributed by atoms with Crippen LogP contribution in [0.5, 0.6) is 0 Å². The third-order valence-electron chi connectivity index (χ3n) is 5.19. The van der Waals surface area contributed by atoms with Crippen molar-refractivity contribution in [2.24, 2.45) is 5.73 Å². The van der Waals surface area contributed by atoms with Crippen LogP contribution < -0.4 is 5.73 Å². The first-order chi connectivity index (χ1) is 14.5. The number of aliphatic hydroxyl groups excluding tert-OH is 1. The third-order valence-corrected chi connectivity index (χ3v) is 5.19. The van der Waals surface area contributed by atoms with Crippen LogP contribution >= 0.6 is 0 Å². The van der Waals surface area contributed by atoms with Crippen LogP contribution in [-0.2, 0) is 4.74 Å². The standard InChI is InChI=1S/C26H41NO3/c1-3-4-5-6-7-8-11-16-22(2)17-12-9-15-20-25(28)24(27)21-30-26(29)23-18-13-10-14-19-23/h10,13-15,17-20,24-25,28H,3-9,11-12,16,21,27H2,1-2H3/b20-15+,22-17+/t24-,25+/m1/s1. The van der Waals surface area contributed by atoms with Crippen LogP contribution in [0.3, 0.4) is 0 Å². The van der Waals surface area contributed by atoms with E-state index in [-0.39, 0.29) is 6.61 Å². The van der Waals surface area contributed by atoms with E-state index >= 15 is 0 Å². The Kier molecular flexibility index (Phi) is 14.7. The Morgan fingerprint density at radius 3 is 2.43 bits per heavy atom. The summed E-state index contributed by atoms with van der Waals surface area (Å²) in [6, 6.07) is 8.13. The quantitative estimate of drug-likeness (QED) is 0.199. The summed E-state index contributed by atoms with van der Waals surface area (Å²) >= 11 is 0. The van der Waals surface area contributed by atoms with Crippen LogP contribution in [0.4, 0.5) is 0 Å². The van der Waals surface area contributed by atoms with Crippen molar-refractivity contribution in [1.82, 2.24) is 0 Å². The molecule has 0 saturated heterocycles. The summed E-state index contributed by atoms with van der Waals surface area (Å²) < 4.78 is 5.18. The molecule has 30 heavy (non-hydrogen) atoms. The number of esters is 1. The molecule has 1 rings (SSSR count).